The molecule has 0 saturated carbocycles. The van der Waals surface area contributed by atoms with Crippen LogP contribution in [-0.2, 0) is 37.5 Å². The Morgan fingerprint density at radius 2 is 2.00 bits per heavy atom. The van der Waals surface area contributed by atoms with E-state index in [4.69, 9.17) is 9.90 Å². The topological polar surface area (TPSA) is 37.3 Å². The quantitative estimate of drug-likeness (QED) is 0.598. The Balaban J connectivity index is 0. The van der Waals surface area contributed by atoms with Crippen LogP contribution in [-0.4, -0.2) is 17.8 Å². The minimum Gasteiger partial charge on any atom is -0.479 e. The van der Waals surface area contributed by atoms with Gasteiger partial charge in [-0.3, -0.25) is 0 Å². The molecule has 0 fully saturated rings. The molecule has 0 unspecified atom stereocenters. The normalized spacial score (nSPS) is 6.17. The van der Waals surface area contributed by atoms with Gasteiger partial charge in [0.05, 0.1) is 0 Å². The van der Waals surface area contributed by atoms with Gasteiger partial charge in [-0.2, -0.15) is 0 Å². The van der Waals surface area contributed by atoms with E-state index in [9.17, 15) is 4.39 Å². The Morgan fingerprint density at radius 1 is 1.83 bits per heavy atom. The molecule has 1 radical (unpaired) electrons. The molecule has 4 heteroatoms. The molecule has 0 aromatic heterocycles. The van der Waals surface area contributed by atoms with E-state index >= 15 is 0 Å². The Kier molecular flexibility index (Phi) is 8.91. The van der Waals surface area contributed by atoms with Crippen molar-refractivity contribution in [1.29, 1.82) is 0 Å². The van der Waals surface area contributed by atoms with Crippen molar-refractivity contribution in [2.45, 2.75) is 0 Å². The van der Waals surface area contributed by atoms with Crippen molar-refractivity contribution in [3.63, 3.8) is 0 Å². The fraction of sp³-hybridized carbons (Fsp3) is 0.500. The molecule has 0 rings (SSSR count). The van der Waals surface area contributed by atoms with Crippen LogP contribution in [0.25, 0.3) is 0 Å². The maximum Gasteiger partial charge on any atom is 0.335 e. The van der Waals surface area contributed by atoms with E-state index in [2.05, 4.69) is 0 Å². The van der Waals surface area contributed by atoms with E-state index in [1.165, 1.54) is 0 Å². The van der Waals surface area contributed by atoms with E-state index in [-0.39, 0.29) is 32.7 Å². The molecular weight excluding hydrogens is 164 g/mol. The average Bonchev–Trinajstić information content (AvgIpc) is 1.38. The van der Waals surface area contributed by atoms with Gasteiger partial charge < -0.3 is 5.11 Å². The van der Waals surface area contributed by atoms with Gasteiger partial charge in [0.25, 0.3) is 0 Å². The summed E-state index contributed by atoms with van der Waals surface area (Å²) in [5.74, 6) is -1.41. The molecule has 0 amide bonds. The second-order valence-corrected chi connectivity index (χ2v) is 0.527. The van der Waals surface area contributed by atoms with Crippen molar-refractivity contribution in [1.82, 2.24) is 0 Å². The van der Waals surface area contributed by atoms with Crippen LogP contribution >= 0.6 is 0 Å². The second kappa shape index (κ2) is 5.50. The zero-order valence-electron chi connectivity index (χ0n) is 3.02. The zero-order chi connectivity index (χ0) is 4.28. The standard InChI is InChI=1S/C2H3FO2.Y/c3-1-2(4)5;/h1H2,(H,4,5);. The summed E-state index contributed by atoms with van der Waals surface area (Å²) >= 11 is 0. The molecule has 0 bridgehead atoms. The molecule has 0 spiro atoms. The molecule has 6 heavy (non-hydrogen) atoms. The third-order valence-corrected chi connectivity index (χ3v) is 0.114. The number of alkyl halides is 1. The van der Waals surface area contributed by atoms with Gasteiger partial charge >= 0.3 is 5.97 Å². The molecule has 0 aliphatic heterocycles. The van der Waals surface area contributed by atoms with Crippen LogP contribution in [0.2, 0.25) is 0 Å². The van der Waals surface area contributed by atoms with Crippen molar-refractivity contribution in [2.24, 2.45) is 0 Å². The largest absolute Gasteiger partial charge is 0.479 e. The minimum atomic E-state index is -1.41. The molecular formula is C2H3FO2Y. The summed E-state index contributed by atoms with van der Waals surface area (Å²) in [7, 11) is 0. The van der Waals surface area contributed by atoms with Gasteiger partial charge in [-0.25, -0.2) is 9.18 Å². The Bertz CT molecular complexity index is 46.8. The third-order valence-electron chi connectivity index (χ3n) is 0.114. The number of carbonyl (C=O) groups is 1. The number of hydrogen-bond acceptors (Lipinski definition) is 1. The Labute approximate surface area is 59.6 Å². The molecule has 33 valence electrons. The summed E-state index contributed by atoms with van der Waals surface area (Å²) in [6.45, 7) is -1.28. The van der Waals surface area contributed by atoms with Gasteiger partial charge in [-0.15, -0.1) is 0 Å². The molecule has 0 aliphatic carbocycles. The predicted octanol–water partition coefficient (Wildman–Crippen LogP) is 0.0380. The van der Waals surface area contributed by atoms with Crippen molar-refractivity contribution >= 4 is 5.97 Å². The van der Waals surface area contributed by atoms with Crippen LogP contribution in [0.5, 0.6) is 0 Å². The first-order valence-corrected chi connectivity index (χ1v) is 1.05. The van der Waals surface area contributed by atoms with Crippen LogP contribution < -0.4 is 0 Å². The summed E-state index contributed by atoms with van der Waals surface area (Å²) in [6, 6.07) is 0. The first-order chi connectivity index (χ1) is 2.27. The van der Waals surface area contributed by atoms with Crippen LogP contribution in [0.1, 0.15) is 0 Å². The van der Waals surface area contributed by atoms with Gasteiger partial charge in [0, 0.05) is 32.7 Å². The molecule has 0 atom stereocenters. The third kappa shape index (κ3) is 8.82. The van der Waals surface area contributed by atoms with Crippen molar-refractivity contribution in [2.75, 3.05) is 6.67 Å². The molecule has 1 N–H and O–H groups in total. The van der Waals surface area contributed by atoms with Crippen LogP contribution in [0.3, 0.4) is 0 Å². The fourth-order valence-electron chi connectivity index (χ4n) is 0. The smallest absolute Gasteiger partial charge is 0.335 e. The van der Waals surface area contributed by atoms with Gasteiger partial charge in [0.1, 0.15) is 0 Å². The molecule has 0 aromatic rings. The summed E-state index contributed by atoms with van der Waals surface area (Å²) in [5, 5.41) is 7.35. The number of hydrogen-bond donors (Lipinski definition) is 1. The fourth-order valence-corrected chi connectivity index (χ4v) is 0. The first-order valence-electron chi connectivity index (χ1n) is 1.05. The number of rotatable bonds is 1. The Hall–Kier alpha value is 0.504. The minimum absolute atomic E-state index is 0. The van der Waals surface area contributed by atoms with E-state index < -0.39 is 12.6 Å². The Morgan fingerprint density at radius 3 is 2.00 bits per heavy atom. The molecule has 0 saturated heterocycles. The van der Waals surface area contributed by atoms with Gasteiger partial charge in [0.2, 0.25) is 0 Å². The van der Waals surface area contributed by atoms with Crippen LogP contribution in [0.15, 0.2) is 0 Å². The van der Waals surface area contributed by atoms with Crippen molar-refractivity contribution in [3.8, 4) is 0 Å². The number of carboxylic acids is 1. The van der Waals surface area contributed by atoms with Crippen LogP contribution in [0, 0.1) is 0 Å². The summed E-state index contributed by atoms with van der Waals surface area (Å²) < 4.78 is 10.5. The van der Waals surface area contributed by atoms with Crippen molar-refractivity contribution in [3.05, 3.63) is 0 Å². The molecule has 0 heterocycles. The number of carboxylic acid groups (broad SMARTS) is 1. The van der Waals surface area contributed by atoms with E-state index in [0.29, 0.717) is 0 Å². The molecule has 0 aromatic carbocycles. The second-order valence-electron chi connectivity index (χ2n) is 0.527. The first kappa shape index (κ1) is 9.71. The average molecular weight is 167 g/mol. The molecule has 2 nitrogen and oxygen atoms in total. The zero-order valence-corrected chi connectivity index (χ0v) is 5.86. The van der Waals surface area contributed by atoms with E-state index in [1.807, 2.05) is 0 Å². The molecule has 0 aliphatic rings. The van der Waals surface area contributed by atoms with Crippen molar-refractivity contribution < 1.29 is 47.0 Å². The van der Waals surface area contributed by atoms with E-state index in [1.54, 1.807) is 0 Å². The predicted molar refractivity (Wildman–Crippen MR) is 13.6 cm³/mol. The van der Waals surface area contributed by atoms with Crippen LogP contribution in [0.4, 0.5) is 4.39 Å². The summed E-state index contributed by atoms with van der Waals surface area (Å²) in [6.07, 6.45) is 0. The maximum absolute atomic E-state index is 10.5. The SMILES string of the molecule is O=C(O)CF.[Y]. The van der Waals surface area contributed by atoms with E-state index in [0.717, 1.165) is 0 Å². The summed E-state index contributed by atoms with van der Waals surface area (Å²) in [5.41, 5.74) is 0. The monoisotopic (exact) mass is 167 g/mol. The number of aliphatic carboxylic acids is 1. The summed E-state index contributed by atoms with van der Waals surface area (Å²) in [4.78, 5) is 8.99. The maximum atomic E-state index is 10.5. The van der Waals surface area contributed by atoms with Gasteiger partial charge in [0.15, 0.2) is 6.67 Å². The van der Waals surface area contributed by atoms with Gasteiger partial charge in [-0.1, -0.05) is 0 Å². The number of halogens is 1. The van der Waals surface area contributed by atoms with Gasteiger partial charge in [-0.05, 0) is 0 Å².